The molecule has 1 saturated heterocycles. The van der Waals surface area contributed by atoms with Gasteiger partial charge in [0.2, 0.25) is 0 Å². The van der Waals surface area contributed by atoms with Gasteiger partial charge in [-0.2, -0.15) is 0 Å². The molecule has 96 valence electrons. The van der Waals surface area contributed by atoms with Crippen molar-refractivity contribution < 1.29 is 0 Å². The molecule has 1 atom stereocenters. The third-order valence-electron chi connectivity index (χ3n) is 3.19. The highest BCUT2D eigenvalue weighted by Gasteiger charge is 2.23. The second-order valence-corrected chi connectivity index (χ2v) is 4.66. The van der Waals surface area contributed by atoms with E-state index in [1.807, 2.05) is 6.08 Å². The Morgan fingerprint density at radius 3 is 2.88 bits per heavy atom. The fourth-order valence-electron chi connectivity index (χ4n) is 2.22. The van der Waals surface area contributed by atoms with Gasteiger partial charge in [0, 0.05) is 32.4 Å². The van der Waals surface area contributed by atoms with E-state index in [-0.39, 0.29) is 0 Å². The molecular formula is C11H22N6. The van der Waals surface area contributed by atoms with Crippen LogP contribution in [0.2, 0.25) is 0 Å². The van der Waals surface area contributed by atoms with Gasteiger partial charge in [-0.25, -0.2) is 4.99 Å². The number of aliphatic imine (C=N–C) groups is 1. The van der Waals surface area contributed by atoms with Gasteiger partial charge >= 0.3 is 0 Å². The predicted molar refractivity (Wildman–Crippen MR) is 69.4 cm³/mol. The summed E-state index contributed by atoms with van der Waals surface area (Å²) >= 11 is 0. The van der Waals surface area contributed by atoms with Crippen LogP contribution in [0.25, 0.3) is 0 Å². The van der Waals surface area contributed by atoms with Crippen molar-refractivity contribution in [1.82, 2.24) is 15.5 Å². The van der Waals surface area contributed by atoms with Crippen molar-refractivity contribution in [3.63, 3.8) is 0 Å². The summed E-state index contributed by atoms with van der Waals surface area (Å²) in [4.78, 5) is 6.70. The predicted octanol–water partition coefficient (Wildman–Crippen LogP) is -1.24. The number of hydrogen-bond donors (Lipinski definition) is 4. The first-order chi connectivity index (χ1) is 8.18. The summed E-state index contributed by atoms with van der Waals surface area (Å²) in [6, 6.07) is 0. The summed E-state index contributed by atoms with van der Waals surface area (Å²) in [5.74, 6) is 0.400. The van der Waals surface area contributed by atoms with Crippen molar-refractivity contribution in [2.45, 2.75) is 18.5 Å². The lowest BCUT2D eigenvalue weighted by atomic mass is 10.0. The number of nitrogens with two attached hydrogens (primary N) is 2. The molecule has 0 aromatic rings. The van der Waals surface area contributed by atoms with Crippen molar-refractivity contribution >= 4 is 5.96 Å². The van der Waals surface area contributed by atoms with Crippen LogP contribution >= 0.6 is 0 Å². The molecule has 2 heterocycles. The molecule has 1 fully saturated rings. The normalized spacial score (nSPS) is 29.8. The zero-order valence-electron chi connectivity index (χ0n) is 10.2. The Balaban J connectivity index is 1.73. The highest BCUT2D eigenvalue weighted by atomic mass is 15.2. The first kappa shape index (κ1) is 12.3. The van der Waals surface area contributed by atoms with E-state index in [0.717, 1.165) is 45.6 Å². The molecule has 6 N–H and O–H groups in total. The average molecular weight is 238 g/mol. The van der Waals surface area contributed by atoms with Crippen LogP contribution < -0.4 is 22.1 Å². The van der Waals surface area contributed by atoms with Crippen LogP contribution in [0, 0.1) is 0 Å². The van der Waals surface area contributed by atoms with Crippen molar-refractivity contribution in [3.8, 4) is 0 Å². The maximum Gasteiger partial charge on any atom is 0.194 e. The SMILES string of the molecule is NC1=NC(N)(CCCN2CCNCC2)C=CN1. The topological polar surface area (TPSA) is 91.7 Å². The lowest BCUT2D eigenvalue weighted by Gasteiger charge is -2.29. The van der Waals surface area contributed by atoms with Crippen LogP contribution in [0.15, 0.2) is 17.3 Å². The lowest BCUT2D eigenvalue weighted by Crippen LogP contribution is -2.46. The Hall–Kier alpha value is -1.11. The first-order valence-electron chi connectivity index (χ1n) is 6.19. The highest BCUT2D eigenvalue weighted by Crippen LogP contribution is 2.15. The summed E-state index contributed by atoms with van der Waals surface area (Å²) in [5.41, 5.74) is 11.1. The van der Waals surface area contributed by atoms with Gasteiger partial charge < -0.3 is 27.0 Å². The van der Waals surface area contributed by atoms with Crippen LogP contribution in [0.5, 0.6) is 0 Å². The van der Waals surface area contributed by atoms with E-state index in [1.165, 1.54) is 0 Å². The summed E-state index contributed by atoms with van der Waals surface area (Å²) in [7, 11) is 0. The number of hydrogen-bond acceptors (Lipinski definition) is 6. The van der Waals surface area contributed by atoms with Gasteiger partial charge in [-0.3, -0.25) is 0 Å². The highest BCUT2D eigenvalue weighted by molar-refractivity contribution is 5.80. The van der Waals surface area contributed by atoms with Crippen LogP contribution in [-0.4, -0.2) is 49.2 Å². The molecule has 6 nitrogen and oxygen atoms in total. The second kappa shape index (κ2) is 5.48. The second-order valence-electron chi connectivity index (χ2n) is 4.66. The molecule has 1 unspecified atom stereocenters. The van der Waals surface area contributed by atoms with Gasteiger partial charge in [-0.05, 0) is 25.5 Å². The van der Waals surface area contributed by atoms with Crippen LogP contribution in [0.4, 0.5) is 0 Å². The summed E-state index contributed by atoms with van der Waals surface area (Å²) in [6.45, 7) is 5.50. The van der Waals surface area contributed by atoms with Gasteiger partial charge in [0.1, 0.15) is 5.66 Å². The summed E-state index contributed by atoms with van der Waals surface area (Å²) in [6.07, 6.45) is 5.52. The first-order valence-corrected chi connectivity index (χ1v) is 6.19. The molecule has 0 radical (unpaired) electrons. The minimum atomic E-state index is -0.622. The van der Waals surface area contributed by atoms with Crippen LogP contribution in [0.1, 0.15) is 12.8 Å². The van der Waals surface area contributed by atoms with Crippen LogP contribution in [-0.2, 0) is 0 Å². The molecule has 2 aliphatic rings. The van der Waals surface area contributed by atoms with E-state index in [9.17, 15) is 0 Å². The number of guanidine groups is 1. The zero-order valence-corrected chi connectivity index (χ0v) is 10.2. The average Bonchev–Trinajstić information content (AvgIpc) is 2.30. The van der Waals surface area contributed by atoms with E-state index in [4.69, 9.17) is 11.5 Å². The van der Waals surface area contributed by atoms with Crippen molar-refractivity contribution in [2.24, 2.45) is 16.5 Å². The van der Waals surface area contributed by atoms with Crippen molar-refractivity contribution in [2.75, 3.05) is 32.7 Å². The van der Waals surface area contributed by atoms with Gasteiger partial charge in [-0.1, -0.05) is 0 Å². The Morgan fingerprint density at radius 1 is 1.41 bits per heavy atom. The molecule has 17 heavy (non-hydrogen) atoms. The number of rotatable bonds is 4. The molecule has 0 aliphatic carbocycles. The number of nitrogens with one attached hydrogen (secondary N) is 2. The molecule has 6 heteroatoms. The summed E-state index contributed by atoms with van der Waals surface area (Å²) < 4.78 is 0. The largest absolute Gasteiger partial charge is 0.370 e. The Bertz CT molecular complexity index is 307. The minimum Gasteiger partial charge on any atom is -0.370 e. The van der Waals surface area contributed by atoms with Gasteiger partial charge in [0.05, 0.1) is 0 Å². The molecule has 0 spiro atoms. The third-order valence-corrected chi connectivity index (χ3v) is 3.19. The van der Waals surface area contributed by atoms with Gasteiger partial charge in [0.25, 0.3) is 0 Å². The number of nitrogens with zero attached hydrogens (tertiary/aromatic N) is 2. The molecule has 2 aliphatic heterocycles. The zero-order chi connectivity index (χ0) is 12.1. The van der Waals surface area contributed by atoms with E-state index in [0.29, 0.717) is 5.96 Å². The Labute approximate surface area is 102 Å². The monoisotopic (exact) mass is 238 g/mol. The Morgan fingerprint density at radius 2 is 2.18 bits per heavy atom. The van der Waals surface area contributed by atoms with Gasteiger partial charge in [0.15, 0.2) is 5.96 Å². The molecule has 0 bridgehead atoms. The van der Waals surface area contributed by atoms with Gasteiger partial charge in [-0.15, -0.1) is 0 Å². The summed E-state index contributed by atoms with van der Waals surface area (Å²) in [5, 5.41) is 6.17. The quantitative estimate of drug-likeness (QED) is 0.492. The number of piperazine rings is 1. The van der Waals surface area contributed by atoms with E-state index < -0.39 is 5.66 Å². The molecular weight excluding hydrogens is 216 g/mol. The van der Waals surface area contributed by atoms with E-state index >= 15 is 0 Å². The maximum absolute atomic E-state index is 6.14. The minimum absolute atomic E-state index is 0.400. The fraction of sp³-hybridized carbons (Fsp3) is 0.727. The third kappa shape index (κ3) is 3.69. The van der Waals surface area contributed by atoms with Crippen molar-refractivity contribution in [3.05, 3.63) is 12.3 Å². The van der Waals surface area contributed by atoms with Crippen LogP contribution in [0.3, 0.4) is 0 Å². The Kier molecular flexibility index (Phi) is 3.98. The van der Waals surface area contributed by atoms with E-state index in [2.05, 4.69) is 20.5 Å². The smallest absolute Gasteiger partial charge is 0.194 e. The molecule has 0 aromatic heterocycles. The van der Waals surface area contributed by atoms with E-state index in [1.54, 1.807) is 6.20 Å². The lowest BCUT2D eigenvalue weighted by molar-refractivity contribution is 0.231. The fourth-order valence-corrected chi connectivity index (χ4v) is 2.22. The maximum atomic E-state index is 6.14. The molecule has 0 amide bonds. The molecule has 0 aromatic carbocycles. The molecule has 0 saturated carbocycles. The van der Waals surface area contributed by atoms with Crippen molar-refractivity contribution in [1.29, 1.82) is 0 Å². The molecule has 2 rings (SSSR count). The standard InChI is InChI=1S/C11H22N6/c12-10-15-4-3-11(13,16-10)2-1-7-17-8-5-14-6-9-17/h3-4,14H,1-2,5-9,13H2,(H3,12,15,16).